The molecule has 1 saturated heterocycles. The third-order valence-corrected chi connectivity index (χ3v) is 5.54. The average molecular weight is 501 g/mol. The van der Waals surface area contributed by atoms with E-state index in [4.69, 9.17) is 11.6 Å². The molecule has 2 aromatic heterocycles. The van der Waals surface area contributed by atoms with Crippen molar-refractivity contribution >= 4 is 45.6 Å². The fraction of sp³-hybridized carbons (Fsp3) is 0.278. The van der Waals surface area contributed by atoms with Gasteiger partial charge in [0, 0.05) is 10.6 Å². The van der Waals surface area contributed by atoms with Gasteiger partial charge in [0.15, 0.2) is 0 Å². The molecule has 1 aliphatic heterocycles. The fourth-order valence-electron chi connectivity index (χ4n) is 3.25. The second kappa shape index (κ2) is 6.59. The molecule has 0 unspecified atom stereocenters. The van der Waals surface area contributed by atoms with E-state index >= 15 is 0 Å². The first-order valence-electron chi connectivity index (χ1n) is 8.24. The van der Waals surface area contributed by atoms with Crippen LogP contribution in [0, 0.1) is 3.70 Å². The predicted molar refractivity (Wildman–Crippen MR) is 109 cm³/mol. The monoisotopic (exact) mass is 500 g/mol. The molecule has 6 nitrogen and oxygen atoms in total. The lowest BCUT2D eigenvalue weighted by molar-refractivity contribution is -0.144. The molecule has 1 amide bonds. The third-order valence-electron chi connectivity index (χ3n) is 4.54. The molecule has 0 saturated carbocycles. The maximum atomic E-state index is 13.6. The SMILES string of the molecule is CC1(F)CN(C(=O)Cn2cnn3c(I)cc(-c4cccc(Cl)c4)c3c2=O)C1. The Labute approximate surface area is 172 Å². The van der Waals surface area contributed by atoms with E-state index in [9.17, 15) is 14.0 Å². The van der Waals surface area contributed by atoms with Crippen molar-refractivity contribution in [2.45, 2.75) is 19.1 Å². The molecule has 0 spiro atoms. The summed E-state index contributed by atoms with van der Waals surface area (Å²) in [5.41, 5.74) is 0.180. The first kappa shape index (κ1) is 18.4. The van der Waals surface area contributed by atoms with Crippen LogP contribution in [-0.2, 0) is 11.3 Å². The summed E-state index contributed by atoms with van der Waals surface area (Å²) in [6.07, 6.45) is 1.34. The number of alkyl halides is 1. The Morgan fingerprint density at radius 3 is 2.78 bits per heavy atom. The number of rotatable bonds is 3. The number of halogens is 3. The fourth-order valence-corrected chi connectivity index (χ4v) is 4.12. The van der Waals surface area contributed by atoms with Crippen LogP contribution in [-0.4, -0.2) is 43.7 Å². The number of nitrogens with zero attached hydrogens (tertiary/aromatic N) is 4. The van der Waals surface area contributed by atoms with E-state index < -0.39 is 5.67 Å². The summed E-state index contributed by atoms with van der Waals surface area (Å²) < 4.78 is 17.2. The van der Waals surface area contributed by atoms with Crippen LogP contribution in [0.1, 0.15) is 6.92 Å². The Bertz CT molecular complexity index is 1120. The number of carbonyl (C=O) groups excluding carboxylic acids is 1. The number of carbonyl (C=O) groups is 1. The van der Waals surface area contributed by atoms with Crippen molar-refractivity contribution in [2.24, 2.45) is 0 Å². The van der Waals surface area contributed by atoms with E-state index in [2.05, 4.69) is 27.7 Å². The van der Waals surface area contributed by atoms with E-state index in [1.54, 1.807) is 16.6 Å². The number of amides is 1. The zero-order valence-electron chi connectivity index (χ0n) is 14.3. The number of likely N-dealkylation sites (tertiary alicyclic amines) is 1. The van der Waals surface area contributed by atoms with Crippen LogP contribution < -0.4 is 5.56 Å². The molecule has 1 aliphatic rings. The Morgan fingerprint density at radius 2 is 2.11 bits per heavy atom. The van der Waals surface area contributed by atoms with Crippen molar-refractivity contribution in [1.82, 2.24) is 19.1 Å². The molecule has 4 rings (SSSR count). The largest absolute Gasteiger partial charge is 0.335 e. The van der Waals surface area contributed by atoms with Crippen LogP contribution >= 0.6 is 34.2 Å². The molecule has 0 N–H and O–H groups in total. The van der Waals surface area contributed by atoms with Crippen molar-refractivity contribution in [2.75, 3.05) is 13.1 Å². The highest BCUT2D eigenvalue weighted by atomic mass is 127. The van der Waals surface area contributed by atoms with Gasteiger partial charge in [-0.3, -0.25) is 14.2 Å². The normalized spacial score (nSPS) is 15.8. The van der Waals surface area contributed by atoms with Crippen molar-refractivity contribution in [3.8, 4) is 11.1 Å². The Hall–Kier alpha value is -1.94. The summed E-state index contributed by atoms with van der Waals surface area (Å²) in [5.74, 6) is -0.302. The standard InChI is InChI=1S/C18H15ClFIN4O2/c1-18(20)8-24(9-18)15(26)7-23-10-22-25-14(21)6-13(16(25)17(23)27)11-3-2-4-12(19)5-11/h2-6,10H,7-9H2,1H3. The van der Waals surface area contributed by atoms with Crippen LogP contribution in [0.15, 0.2) is 41.5 Å². The van der Waals surface area contributed by atoms with Crippen LogP contribution in [0.3, 0.4) is 0 Å². The molecule has 3 heterocycles. The second-order valence-corrected chi connectivity index (χ2v) is 8.42. The number of aromatic nitrogens is 3. The lowest BCUT2D eigenvalue weighted by Crippen LogP contribution is -2.60. The second-order valence-electron chi connectivity index (χ2n) is 6.88. The summed E-state index contributed by atoms with van der Waals surface area (Å²) >= 11 is 8.18. The lowest BCUT2D eigenvalue weighted by Gasteiger charge is -2.42. The smallest absolute Gasteiger partial charge is 0.278 e. The molecule has 9 heteroatoms. The highest BCUT2D eigenvalue weighted by molar-refractivity contribution is 14.1. The van der Waals surface area contributed by atoms with E-state index in [1.165, 1.54) is 22.7 Å². The van der Waals surface area contributed by atoms with Gasteiger partial charge in [0.25, 0.3) is 5.56 Å². The van der Waals surface area contributed by atoms with Crippen LogP contribution in [0.25, 0.3) is 16.6 Å². The highest BCUT2D eigenvalue weighted by Crippen LogP contribution is 2.28. The van der Waals surface area contributed by atoms with Crippen molar-refractivity contribution in [3.63, 3.8) is 0 Å². The zero-order valence-corrected chi connectivity index (χ0v) is 17.2. The Morgan fingerprint density at radius 1 is 1.37 bits per heavy atom. The summed E-state index contributed by atoms with van der Waals surface area (Å²) in [6, 6.07) is 9.06. The van der Waals surface area contributed by atoms with E-state index in [0.29, 0.717) is 16.1 Å². The van der Waals surface area contributed by atoms with Crippen LogP contribution in [0.5, 0.6) is 0 Å². The minimum atomic E-state index is -1.35. The minimum Gasteiger partial charge on any atom is -0.335 e. The first-order chi connectivity index (χ1) is 12.7. The topological polar surface area (TPSA) is 59.6 Å². The molecule has 1 fully saturated rings. The number of fused-ring (bicyclic) bond motifs is 1. The highest BCUT2D eigenvalue weighted by Gasteiger charge is 2.41. The molecule has 140 valence electrons. The maximum Gasteiger partial charge on any atom is 0.278 e. The molecule has 1 aromatic carbocycles. The van der Waals surface area contributed by atoms with E-state index in [1.807, 2.05) is 18.2 Å². The molecular formula is C18H15ClFIN4O2. The average Bonchev–Trinajstić information content (AvgIpc) is 2.92. The van der Waals surface area contributed by atoms with Gasteiger partial charge >= 0.3 is 0 Å². The van der Waals surface area contributed by atoms with Crippen molar-refractivity contribution in [3.05, 3.63) is 55.7 Å². The Kier molecular flexibility index (Phi) is 4.50. The maximum absolute atomic E-state index is 13.6. The number of benzene rings is 1. The molecule has 3 aromatic rings. The molecule has 0 atom stereocenters. The van der Waals surface area contributed by atoms with Gasteiger partial charge in [-0.2, -0.15) is 5.10 Å². The lowest BCUT2D eigenvalue weighted by atomic mass is 9.99. The predicted octanol–water partition coefficient (Wildman–Crippen LogP) is 2.99. The molecule has 0 radical (unpaired) electrons. The van der Waals surface area contributed by atoms with Gasteiger partial charge in [-0.15, -0.1) is 0 Å². The minimum absolute atomic E-state index is 0.0487. The summed E-state index contributed by atoms with van der Waals surface area (Å²) in [5, 5.41) is 4.85. The molecule has 0 aliphatic carbocycles. The van der Waals surface area contributed by atoms with Gasteiger partial charge in [0.2, 0.25) is 5.91 Å². The van der Waals surface area contributed by atoms with Gasteiger partial charge < -0.3 is 4.90 Å². The van der Waals surface area contributed by atoms with Crippen molar-refractivity contribution < 1.29 is 9.18 Å². The summed E-state index contributed by atoms with van der Waals surface area (Å²) in [7, 11) is 0. The number of hydrogen-bond donors (Lipinski definition) is 0. The van der Waals surface area contributed by atoms with E-state index in [-0.39, 0.29) is 31.1 Å². The van der Waals surface area contributed by atoms with Gasteiger partial charge in [0.1, 0.15) is 27.8 Å². The number of hydrogen-bond acceptors (Lipinski definition) is 3. The van der Waals surface area contributed by atoms with Gasteiger partial charge in [-0.1, -0.05) is 23.7 Å². The quantitative estimate of drug-likeness (QED) is 0.520. The van der Waals surface area contributed by atoms with Crippen LogP contribution in [0.2, 0.25) is 5.02 Å². The summed E-state index contributed by atoms with van der Waals surface area (Å²) in [4.78, 5) is 26.8. The first-order valence-corrected chi connectivity index (χ1v) is 9.70. The van der Waals surface area contributed by atoms with Crippen molar-refractivity contribution in [1.29, 1.82) is 0 Å². The van der Waals surface area contributed by atoms with Gasteiger partial charge in [-0.05, 0) is 53.3 Å². The van der Waals surface area contributed by atoms with Gasteiger partial charge in [0.05, 0.1) is 13.1 Å². The van der Waals surface area contributed by atoms with Crippen LogP contribution in [0.4, 0.5) is 4.39 Å². The zero-order chi connectivity index (χ0) is 19.3. The van der Waals surface area contributed by atoms with Gasteiger partial charge in [-0.25, -0.2) is 8.91 Å². The van der Waals surface area contributed by atoms with E-state index in [0.717, 1.165) is 9.26 Å². The molecule has 0 bridgehead atoms. The summed E-state index contributed by atoms with van der Waals surface area (Å²) in [6.45, 7) is 1.38. The Balaban J connectivity index is 1.74. The third kappa shape index (κ3) is 3.36. The molecular weight excluding hydrogens is 486 g/mol. The molecule has 27 heavy (non-hydrogen) atoms.